The molecule has 3 nitrogen and oxygen atoms in total. The first-order chi connectivity index (χ1) is 7.19. The Kier molecular flexibility index (Phi) is 3.12. The Morgan fingerprint density at radius 1 is 1.27 bits per heavy atom. The summed E-state index contributed by atoms with van der Waals surface area (Å²) in [6, 6.07) is 4.01. The molecule has 0 saturated carbocycles. The van der Waals surface area contributed by atoms with Crippen LogP contribution in [0.2, 0.25) is 0 Å². The number of hydrogen-bond acceptors (Lipinski definition) is 3. The molecule has 2 N–H and O–H groups in total. The Hall–Kier alpha value is -0.800. The maximum Gasteiger partial charge on any atom is 0.118 e. The van der Waals surface area contributed by atoms with E-state index in [1.54, 1.807) is 0 Å². The molecule has 15 heavy (non-hydrogen) atoms. The minimum atomic E-state index is 0.493. The van der Waals surface area contributed by atoms with Gasteiger partial charge in [0.15, 0.2) is 0 Å². The fraction of sp³-hybridized carbons (Fsp3) is 0.667. The third-order valence-electron chi connectivity index (χ3n) is 3.36. The van der Waals surface area contributed by atoms with Gasteiger partial charge in [-0.15, -0.1) is 0 Å². The molecule has 2 heterocycles. The van der Waals surface area contributed by atoms with Crippen molar-refractivity contribution in [1.82, 2.24) is 4.90 Å². The molecule has 0 spiro atoms. The van der Waals surface area contributed by atoms with Crippen LogP contribution in [0.4, 0.5) is 0 Å². The Balaban J connectivity index is 1.92. The molecule has 1 aliphatic heterocycles. The smallest absolute Gasteiger partial charge is 0.118 e. The first-order valence-electron chi connectivity index (χ1n) is 5.69. The van der Waals surface area contributed by atoms with Gasteiger partial charge in [0.1, 0.15) is 11.5 Å². The quantitative estimate of drug-likeness (QED) is 0.824. The Morgan fingerprint density at radius 3 is 2.40 bits per heavy atom. The van der Waals surface area contributed by atoms with E-state index in [0.717, 1.165) is 29.9 Å². The number of nitrogens with two attached hydrogens (primary N) is 1. The second-order valence-corrected chi connectivity index (χ2v) is 4.72. The molecule has 0 radical (unpaired) electrons. The molecule has 0 bridgehead atoms. The van der Waals surface area contributed by atoms with Crippen LogP contribution in [0.25, 0.3) is 0 Å². The van der Waals surface area contributed by atoms with Crippen molar-refractivity contribution < 1.29 is 4.42 Å². The Bertz CT molecular complexity index is 311. The second kappa shape index (κ2) is 4.37. The molecule has 1 fully saturated rings. The van der Waals surface area contributed by atoms with Crippen LogP contribution in [0, 0.1) is 11.8 Å². The lowest BCUT2D eigenvalue weighted by molar-refractivity contribution is 0.282. The molecular formula is C12H20N2O. The van der Waals surface area contributed by atoms with Gasteiger partial charge in [0.2, 0.25) is 0 Å². The number of likely N-dealkylation sites (tertiary alicyclic amines) is 1. The average Bonchev–Trinajstić information content (AvgIpc) is 2.76. The summed E-state index contributed by atoms with van der Waals surface area (Å²) in [6.45, 7) is 8.41. The maximum atomic E-state index is 5.60. The zero-order valence-corrected chi connectivity index (χ0v) is 9.57. The van der Waals surface area contributed by atoms with Gasteiger partial charge in [-0.25, -0.2) is 0 Å². The normalized spacial score (nSPS) is 27.4. The monoisotopic (exact) mass is 208 g/mol. The van der Waals surface area contributed by atoms with E-state index in [4.69, 9.17) is 10.2 Å². The average molecular weight is 208 g/mol. The molecule has 1 aromatic rings. The summed E-state index contributed by atoms with van der Waals surface area (Å²) in [6.07, 6.45) is 0. The molecule has 0 aliphatic carbocycles. The van der Waals surface area contributed by atoms with Gasteiger partial charge in [-0.1, -0.05) is 13.8 Å². The van der Waals surface area contributed by atoms with Crippen LogP contribution < -0.4 is 5.73 Å². The first kappa shape index (κ1) is 10.7. The van der Waals surface area contributed by atoms with E-state index in [1.165, 1.54) is 13.1 Å². The van der Waals surface area contributed by atoms with Crippen LogP contribution in [0.5, 0.6) is 0 Å². The Labute approximate surface area is 91.2 Å². The lowest BCUT2D eigenvalue weighted by atomic mass is 10.0. The molecule has 2 rings (SSSR count). The van der Waals surface area contributed by atoms with Gasteiger partial charge < -0.3 is 10.2 Å². The van der Waals surface area contributed by atoms with Crippen molar-refractivity contribution >= 4 is 0 Å². The van der Waals surface area contributed by atoms with Crippen LogP contribution >= 0.6 is 0 Å². The highest BCUT2D eigenvalue weighted by molar-refractivity contribution is 5.07. The van der Waals surface area contributed by atoms with Crippen LogP contribution in [-0.4, -0.2) is 18.0 Å². The fourth-order valence-electron chi connectivity index (χ4n) is 2.22. The number of rotatable bonds is 3. The minimum absolute atomic E-state index is 0.493. The summed E-state index contributed by atoms with van der Waals surface area (Å²) < 4.78 is 5.60. The van der Waals surface area contributed by atoms with Crippen molar-refractivity contribution in [3.63, 3.8) is 0 Å². The van der Waals surface area contributed by atoms with Crippen molar-refractivity contribution in [3.05, 3.63) is 23.7 Å². The molecular weight excluding hydrogens is 188 g/mol. The topological polar surface area (TPSA) is 42.4 Å². The van der Waals surface area contributed by atoms with Gasteiger partial charge in [-0.05, 0) is 24.0 Å². The minimum Gasteiger partial charge on any atom is -0.463 e. The Morgan fingerprint density at radius 2 is 1.87 bits per heavy atom. The second-order valence-electron chi connectivity index (χ2n) is 4.72. The third-order valence-corrected chi connectivity index (χ3v) is 3.36. The third kappa shape index (κ3) is 2.41. The van der Waals surface area contributed by atoms with E-state index in [2.05, 4.69) is 18.7 Å². The standard InChI is InChI=1S/C12H20N2O/c1-9-6-14(7-10(9)2)8-12-4-3-11(5-13)15-12/h3-4,9-10H,5-8,13H2,1-2H3. The lowest BCUT2D eigenvalue weighted by Crippen LogP contribution is -2.19. The fourth-order valence-corrected chi connectivity index (χ4v) is 2.22. The predicted molar refractivity (Wildman–Crippen MR) is 60.2 cm³/mol. The lowest BCUT2D eigenvalue weighted by Gasteiger charge is -2.12. The molecule has 1 saturated heterocycles. The summed E-state index contributed by atoms with van der Waals surface area (Å²) in [5.74, 6) is 3.52. The SMILES string of the molecule is CC1CN(Cc2ccc(CN)o2)CC1C. The highest BCUT2D eigenvalue weighted by Crippen LogP contribution is 2.24. The van der Waals surface area contributed by atoms with E-state index < -0.39 is 0 Å². The molecule has 0 amide bonds. The van der Waals surface area contributed by atoms with Gasteiger partial charge in [0.05, 0.1) is 13.1 Å². The van der Waals surface area contributed by atoms with Gasteiger partial charge in [0.25, 0.3) is 0 Å². The molecule has 84 valence electrons. The number of hydrogen-bond donors (Lipinski definition) is 1. The van der Waals surface area contributed by atoms with E-state index in [0.29, 0.717) is 6.54 Å². The maximum absolute atomic E-state index is 5.60. The largest absolute Gasteiger partial charge is 0.463 e. The van der Waals surface area contributed by atoms with Crippen molar-refractivity contribution in [2.75, 3.05) is 13.1 Å². The van der Waals surface area contributed by atoms with Crippen molar-refractivity contribution in [2.45, 2.75) is 26.9 Å². The van der Waals surface area contributed by atoms with Crippen LogP contribution in [0.15, 0.2) is 16.5 Å². The van der Waals surface area contributed by atoms with E-state index in [9.17, 15) is 0 Å². The van der Waals surface area contributed by atoms with Crippen LogP contribution in [0.3, 0.4) is 0 Å². The van der Waals surface area contributed by atoms with Gasteiger partial charge >= 0.3 is 0 Å². The van der Waals surface area contributed by atoms with Crippen molar-refractivity contribution in [2.24, 2.45) is 17.6 Å². The zero-order chi connectivity index (χ0) is 10.8. The highest BCUT2D eigenvalue weighted by atomic mass is 16.3. The molecule has 3 heteroatoms. The van der Waals surface area contributed by atoms with Gasteiger partial charge in [-0.2, -0.15) is 0 Å². The highest BCUT2D eigenvalue weighted by Gasteiger charge is 2.26. The summed E-state index contributed by atoms with van der Waals surface area (Å²) in [4.78, 5) is 2.45. The number of nitrogens with zero attached hydrogens (tertiary/aromatic N) is 1. The van der Waals surface area contributed by atoms with E-state index >= 15 is 0 Å². The molecule has 2 atom stereocenters. The predicted octanol–water partition coefficient (Wildman–Crippen LogP) is 1.83. The summed E-state index contributed by atoms with van der Waals surface area (Å²) in [5, 5.41) is 0. The number of furan rings is 1. The molecule has 1 aromatic heterocycles. The summed E-state index contributed by atoms with van der Waals surface area (Å²) in [7, 11) is 0. The molecule has 0 aromatic carbocycles. The summed E-state index contributed by atoms with van der Waals surface area (Å²) >= 11 is 0. The van der Waals surface area contributed by atoms with Crippen molar-refractivity contribution in [1.29, 1.82) is 0 Å². The van der Waals surface area contributed by atoms with E-state index in [-0.39, 0.29) is 0 Å². The van der Waals surface area contributed by atoms with Crippen molar-refractivity contribution in [3.8, 4) is 0 Å². The van der Waals surface area contributed by atoms with Crippen LogP contribution in [-0.2, 0) is 13.1 Å². The van der Waals surface area contributed by atoms with E-state index in [1.807, 2.05) is 12.1 Å². The van der Waals surface area contributed by atoms with Crippen LogP contribution in [0.1, 0.15) is 25.4 Å². The van der Waals surface area contributed by atoms with Gasteiger partial charge in [0, 0.05) is 13.1 Å². The first-order valence-corrected chi connectivity index (χ1v) is 5.69. The molecule has 2 unspecified atom stereocenters. The zero-order valence-electron chi connectivity index (χ0n) is 9.57. The van der Waals surface area contributed by atoms with Gasteiger partial charge in [-0.3, -0.25) is 4.90 Å². The summed E-state index contributed by atoms with van der Waals surface area (Å²) in [5.41, 5.74) is 5.51. The molecule has 1 aliphatic rings.